The second-order valence-corrected chi connectivity index (χ2v) is 4.72. The van der Waals surface area contributed by atoms with E-state index < -0.39 is 0 Å². The molecule has 1 aromatic heterocycles. The summed E-state index contributed by atoms with van der Waals surface area (Å²) in [7, 11) is 0. The molecule has 0 radical (unpaired) electrons. The molecule has 0 amide bonds. The third-order valence-corrected chi connectivity index (χ3v) is 3.58. The lowest BCUT2D eigenvalue weighted by atomic mass is 9.98. The van der Waals surface area contributed by atoms with Crippen LogP contribution < -0.4 is 5.32 Å². The second kappa shape index (κ2) is 4.65. The number of rotatable bonds is 3. The average molecular weight is 204 g/mol. The highest BCUT2D eigenvalue weighted by atomic mass is 15.0. The molecule has 1 aromatic rings. The Labute approximate surface area is 92.1 Å². The van der Waals surface area contributed by atoms with Crippen molar-refractivity contribution < 1.29 is 0 Å². The number of nitrogens with one attached hydrogen (secondary N) is 1. The van der Waals surface area contributed by atoms with Crippen molar-refractivity contribution in [1.29, 1.82) is 0 Å². The van der Waals surface area contributed by atoms with Gasteiger partial charge in [0.15, 0.2) is 0 Å². The van der Waals surface area contributed by atoms with Gasteiger partial charge in [-0.1, -0.05) is 25.8 Å². The van der Waals surface area contributed by atoms with E-state index in [9.17, 15) is 0 Å². The number of anilines is 1. The van der Waals surface area contributed by atoms with E-state index in [1.165, 1.54) is 24.8 Å². The first-order chi connectivity index (χ1) is 7.27. The van der Waals surface area contributed by atoms with Crippen LogP contribution in [0.4, 0.5) is 5.82 Å². The predicted octanol–water partition coefficient (Wildman–Crippen LogP) is 3.24. The molecule has 0 bridgehead atoms. The number of hydrogen-bond donors (Lipinski definition) is 1. The number of hydrogen-bond acceptors (Lipinski definition) is 2. The van der Waals surface area contributed by atoms with Gasteiger partial charge < -0.3 is 5.32 Å². The van der Waals surface area contributed by atoms with E-state index in [2.05, 4.69) is 30.2 Å². The van der Waals surface area contributed by atoms with Gasteiger partial charge in [0, 0.05) is 12.7 Å². The quantitative estimate of drug-likeness (QED) is 0.817. The van der Waals surface area contributed by atoms with Crippen molar-refractivity contribution in [2.45, 2.75) is 33.1 Å². The largest absolute Gasteiger partial charge is 0.370 e. The van der Waals surface area contributed by atoms with Crippen LogP contribution in [0.3, 0.4) is 0 Å². The molecular weight excluding hydrogens is 184 g/mol. The summed E-state index contributed by atoms with van der Waals surface area (Å²) >= 11 is 0. The van der Waals surface area contributed by atoms with Crippen LogP contribution in [-0.4, -0.2) is 11.5 Å². The fourth-order valence-corrected chi connectivity index (χ4v) is 2.42. The van der Waals surface area contributed by atoms with Crippen molar-refractivity contribution in [3.8, 4) is 0 Å². The van der Waals surface area contributed by atoms with Crippen LogP contribution in [0.15, 0.2) is 18.3 Å². The zero-order chi connectivity index (χ0) is 10.7. The summed E-state index contributed by atoms with van der Waals surface area (Å²) in [5, 5.41) is 3.47. The first-order valence-corrected chi connectivity index (χ1v) is 5.93. The molecule has 0 aliphatic heterocycles. The van der Waals surface area contributed by atoms with Crippen LogP contribution in [-0.2, 0) is 0 Å². The van der Waals surface area contributed by atoms with Crippen molar-refractivity contribution in [3.05, 3.63) is 23.9 Å². The fourth-order valence-electron chi connectivity index (χ4n) is 2.42. The van der Waals surface area contributed by atoms with E-state index in [1.54, 1.807) is 0 Å². The van der Waals surface area contributed by atoms with E-state index in [1.807, 2.05) is 12.3 Å². The SMILES string of the molecule is Cc1cccnc1NCC1CCCC1C. The van der Waals surface area contributed by atoms with Crippen LogP contribution in [0.25, 0.3) is 0 Å². The summed E-state index contributed by atoms with van der Waals surface area (Å²) in [5.74, 6) is 2.77. The molecule has 2 unspecified atom stereocenters. The third-order valence-electron chi connectivity index (χ3n) is 3.58. The molecule has 15 heavy (non-hydrogen) atoms. The maximum absolute atomic E-state index is 4.35. The lowest BCUT2D eigenvalue weighted by Crippen LogP contribution is -2.17. The molecule has 2 heteroatoms. The highest BCUT2D eigenvalue weighted by Crippen LogP contribution is 2.31. The minimum absolute atomic E-state index is 0.839. The minimum atomic E-state index is 0.839. The second-order valence-electron chi connectivity index (χ2n) is 4.72. The Morgan fingerprint density at radius 1 is 1.47 bits per heavy atom. The lowest BCUT2D eigenvalue weighted by molar-refractivity contribution is 0.439. The molecule has 1 aliphatic rings. The maximum Gasteiger partial charge on any atom is 0.128 e. The summed E-state index contributed by atoms with van der Waals surface area (Å²) in [4.78, 5) is 4.35. The molecule has 1 aliphatic carbocycles. The van der Waals surface area contributed by atoms with E-state index in [0.717, 1.165) is 24.2 Å². The zero-order valence-corrected chi connectivity index (χ0v) is 9.66. The molecular formula is C13H20N2. The molecule has 0 spiro atoms. The number of pyridine rings is 1. The topological polar surface area (TPSA) is 24.9 Å². The molecule has 2 rings (SSSR count). The highest BCUT2D eigenvalue weighted by molar-refractivity contribution is 5.42. The average Bonchev–Trinajstić information content (AvgIpc) is 2.63. The molecule has 1 saturated carbocycles. The fraction of sp³-hybridized carbons (Fsp3) is 0.615. The highest BCUT2D eigenvalue weighted by Gasteiger charge is 2.22. The van der Waals surface area contributed by atoms with Crippen molar-refractivity contribution in [1.82, 2.24) is 4.98 Å². The standard InChI is InChI=1S/C13H20N2/c1-10-5-3-7-12(10)9-15-13-11(2)6-4-8-14-13/h4,6,8,10,12H,3,5,7,9H2,1-2H3,(H,14,15). The van der Waals surface area contributed by atoms with Gasteiger partial charge in [-0.2, -0.15) is 0 Å². The maximum atomic E-state index is 4.35. The Bertz CT molecular complexity index is 322. The Morgan fingerprint density at radius 3 is 3.00 bits per heavy atom. The van der Waals surface area contributed by atoms with Gasteiger partial charge in [0.05, 0.1) is 0 Å². The summed E-state index contributed by atoms with van der Waals surface area (Å²) in [6.07, 6.45) is 6.02. The van der Waals surface area contributed by atoms with Crippen LogP contribution in [0.2, 0.25) is 0 Å². The van der Waals surface area contributed by atoms with Crippen LogP contribution in [0, 0.1) is 18.8 Å². The van der Waals surface area contributed by atoms with Gasteiger partial charge in [0.1, 0.15) is 5.82 Å². The normalized spacial score (nSPS) is 25.5. The third kappa shape index (κ3) is 2.49. The van der Waals surface area contributed by atoms with Crippen molar-refractivity contribution in [3.63, 3.8) is 0 Å². The minimum Gasteiger partial charge on any atom is -0.370 e. The summed E-state index contributed by atoms with van der Waals surface area (Å²) in [6.45, 7) is 5.55. The Hall–Kier alpha value is -1.05. The number of aryl methyl sites for hydroxylation is 1. The molecule has 82 valence electrons. The number of nitrogens with zero attached hydrogens (tertiary/aromatic N) is 1. The summed E-state index contributed by atoms with van der Waals surface area (Å²) in [6, 6.07) is 4.09. The van der Waals surface area contributed by atoms with Gasteiger partial charge in [-0.3, -0.25) is 0 Å². The van der Waals surface area contributed by atoms with Crippen LogP contribution in [0.5, 0.6) is 0 Å². The summed E-state index contributed by atoms with van der Waals surface area (Å²) < 4.78 is 0. The number of aromatic nitrogens is 1. The lowest BCUT2D eigenvalue weighted by Gasteiger charge is -2.17. The van der Waals surface area contributed by atoms with Gasteiger partial charge in [-0.05, 0) is 36.8 Å². The first-order valence-electron chi connectivity index (χ1n) is 5.93. The van der Waals surface area contributed by atoms with E-state index >= 15 is 0 Å². The van der Waals surface area contributed by atoms with Crippen LogP contribution in [0.1, 0.15) is 31.7 Å². The molecule has 0 aromatic carbocycles. The van der Waals surface area contributed by atoms with E-state index in [4.69, 9.17) is 0 Å². The van der Waals surface area contributed by atoms with Gasteiger partial charge in [0.25, 0.3) is 0 Å². The van der Waals surface area contributed by atoms with Crippen molar-refractivity contribution in [2.75, 3.05) is 11.9 Å². The molecule has 2 atom stereocenters. The molecule has 0 saturated heterocycles. The first kappa shape index (κ1) is 10.5. The Morgan fingerprint density at radius 2 is 2.33 bits per heavy atom. The smallest absolute Gasteiger partial charge is 0.128 e. The van der Waals surface area contributed by atoms with Crippen molar-refractivity contribution in [2.24, 2.45) is 11.8 Å². The van der Waals surface area contributed by atoms with E-state index in [-0.39, 0.29) is 0 Å². The van der Waals surface area contributed by atoms with Crippen LogP contribution >= 0.6 is 0 Å². The predicted molar refractivity (Wildman–Crippen MR) is 64.0 cm³/mol. The van der Waals surface area contributed by atoms with Gasteiger partial charge >= 0.3 is 0 Å². The molecule has 1 N–H and O–H groups in total. The van der Waals surface area contributed by atoms with Gasteiger partial charge in [-0.25, -0.2) is 4.98 Å². The summed E-state index contributed by atoms with van der Waals surface area (Å²) in [5.41, 5.74) is 1.24. The van der Waals surface area contributed by atoms with Crippen molar-refractivity contribution >= 4 is 5.82 Å². The monoisotopic (exact) mass is 204 g/mol. The zero-order valence-electron chi connectivity index (χ0n) is 9.66. The molecule has 2 nitrogen and oxygen atoms in total. The molecule has 1 heterocycles. The Kier molecular flexibility index (Phi) is 3.24. The van der Waals surface area contributed by atoms with Gasteiger partial charge in [-0.15, -0.1) is 0 Å². The Balaban J connectivity index is 1.90. The van der Waals surface area contributed by atoms with Gasteiger partial charge in [0.2, 0.25) is 0 Å². The van der Waals surface area contributed by atoms with E-state index in [0.29, 0.717) is 0 Å². The molecule has 1 fully saturated rings.